The van der Waals surface area contributed by atoms with Gasteiger partial charge in [0.1, 0.15) is 18.4 Å². The van der Waals surface area contributed by atoms with Crippen molar-refractivity contribution >= 4 is 11.9 Å². The molecule has 5 heteroatoms. The second-order valence-electron chi connectivity index (χ2n) is 8.35. The number of nitrogens with zero attached hydrogens (tertiary/aromatic N) is 1. The number of carbonyl (C=O) groups is 2. The van der Waals surface area contributed by atoms with Crippen LogP contribution in [0.3, 0.4) is 0 Å². The van der Waals surface area contributed by atoms with Crippen molar-refractivity contribution in [3.63, 3.8) is 0 Å². The number of hydrogen-bond acceptors (Lipinski definition) is 4. The van der Waals surface area contributed by atoms with Gasteiger partial charge in [0, 0.05) is 12.3 Å². The number of carbonyl (C=O) groups excluding carboxylic acids is 2. The van der Waals surface area contributed by atoms with Crippen LogP contribution in [0.5, 0.6) is 0 Å². The monoisotopic (exact) mass is 405 g/mol. The first-order valence-corrected chi connectivity index (χ1v) is 10.3. The second kappa shape index (κ2) is 7.73. The van der Waals surface area contributed by atoms with Crippen LogP contribution in [0, 0.1) is 0 Å². The number of benzene rings is 2. The molecule has 2 aliphatic rings. The lowest BCUT2D eigenvalue weighted by Crippen LogP contribution is -2.51. The van der Waals surface area contributed by atoms with Gasteiger partial charge >= 0.3 is 6.09 Å². The van der Waals surface area contributed by atoms with E-state index in [4.69, 9.17) is 9.47 Å². The molecule has 0 saturated carbocycles. The molecule has 0 aromatic heterocycles. The highest BCUT2D eigenvalue weighted by Gasteiger charge is 2.51. The molecule has 1 fully saturated rings. The standard InChI is InChI=1S/C25H27NO4/c1-5-10-22(27)23-16(2)30-25(3,4)26(23)24(28)29-15-21-19-13-8-6-11-17(19)18-12-7-9-14-20(18)21/h5-9,11-14,16,21,23H,1,10,15H2,2-4H3/t16-,23+/m0/s1. The molecule has 0 unspecified atom stereocenters. The van der Waals surface area contributed by atoms with E-state index < -0.39 is 24.0 Å². The van der Waals surface area contributed by atoms with Crippen LogP contribution in [-0.4, -0.2) is 41.3 Å². The number of allylic oxidation sites excluding steroid dienone is 1. The molecule has 0 bridgehead atoms. The summed E-state index contributed by atoms with van der Waals surface area (Å²) in [5.74, 6) is -0.135. The van der Waals surface area contributed by atoms with Gasteiger partial charge in [0.15, 0.2) is 5.78 Å². The molecule has 1 amide bonds. The van der Waals surface area contributed by atoms with E-state index in [0.717, 1.165) is 11.1 Å². The molecule has 1 aliphatic carbocycles. The highest BCUT2D eigenvalue weighted by atomic mass is 16.6. The van der Waals surface area contributed by atoms with E-state index in [1.165, 1.54) is 16.0 Å². The maximum absolute atomic E-state index is 13.2. The normalized spacial score (nSPS) is 21.8. The fraction of sp³-hybridized carbons (Fsp3) is 0.360. The molecule has 30 heavy (non-hydrogen) atoms. The number of amides is 1. The van der Waals surface area contributed by atoms with E-state index in [2.05, 4.69) is 30.8 Å². The molecule has 2 aromatic rings. The van der Waals surface area contributed by atoms with Crippen molar-refractivity contribution in [2.75, 3.05) is 6.61 Å². The largest absolute Gasteiger partial charge is 0.448 e. The number of rotatable bonds is 5. The first-order valence-electron chi connectivity index (χ1n) is 10.3. The molecular formula is C25H27NO4. The third-order valence-corrected chi connectivity index (χ3v) is 5.99. The molecule has 5 nitrogen and oxygen atoms in total. The van der Waals surface area contributed by atoms with E-state index in [9.17, 15) is 9.59 Å². The Morgan fingerprint density at radius 3 is 2.23 bits per heavy atom. The van der Waals surface area contributed by atoms with Gasteiger partial charge < -0.3 is 9.47 Å². The summed E-state index contributed by atoms with van der Waals surface area (Å²) in [6.45, 7) is 9.22. The van der Waals surface area contributed by atoms with Crippen LogP contribution in [0.1, 0.15) is 44.2 Å². The average Bonchev–Trinajstić information content (AvgIpc) is 3.16. The zero-order chi connectivity index (χ0) is 21.5. The Labute approximate surface area is 177 Å². The van der Waals surface area contributed by atoms with Crippen molar-refractivity contribution in [1.82, 2.24) is 4.90 Å². The maximum Gasteiger partial charge on any atom is 0.412 e. The summed E-state index contributed by atoms with van der Waals surface area (Å²) >= 11 is 0. The molecule has 0 spiro atoms. The predicted molar refractivity (Wildman–Crippen MR) is 115 cm³/mol. The Morgan fingerprint density at radius 1 is 1.10 bits per heavy atom. The van der Waals surface area contributed by atoms with Gasteiger partial charge in [0.05, 0.1) is 6.10 Å². The third kappa shape index (κ3) is 3.33. The topological polar surface area (TPSA) is 55.8 Å². The summed E-state index contributed by atoms with van der Waals surface area (Å²) in [4.78, 5) is 27.2. The SMILES string of the molecule is C=CCC(=O)[C@H]1[C@H](C)OC(C)(C)N1C(=O)OCC1c2ccccc2-c2ccccc21. The molecule has 1 heterocycles. The van der Waals surface area contributed by atoms with Crippen LogP contribution < -0.4 is 0 Å². The third-order valence-electron chi connectivity index (χ3n) is 5.99. The lowest BCUT2D eigenvalue weighted by Gasteiger charge is -2.32. The second-order valence-corrected chi connectivity index (χ2v) is 8.35. The Hall–Kier alpha value is -2.92. The lowest BCUT2D eigenvalue weighted by molar-refractivity contribution is -0.123. The van der Waals surface area contributed by atoms with Gasteiger partial charge in [-0.05, 0) is 43.0 Å². The van der Waals surface area contributed by atoms with E-state index in [1.54, 1.807) is 19.9 Å². The Morgan fingerprint density at radius 2 is 1.67 bits per heavy atom. The van der Waals surface area contributed by atoms with E-state index in [0.29, 0.717) is 0 Å². The lowest BCUT2D eigenvalue weighted by atomic mass is 9.98. The fourth-order valence-corrected chi connectivity index (χ4v) is 4.79. The zero-order valence-corrected chi connectivity index (χ0v) is 17.6. The summed E-state index contributed by atoms with van der Waals surface area (Å²) in [7, 11) is 0. The fourth-order valence-electron chi connectivity index (χ4n) is 4.79. The first kappa shape index (κ1) is 20.4. The smallest absolute Gasteiger partial charge is 0.412 e. The van der Waals surface area contributed by atoms with Crippen LogP contribution in [0.2, 0.25) is 0 Å². The van der Waals surface area contributed by atoms with Crippen LogP contribution in [-0.2, 0) is 14.3 Å². The van der Waals surface area contributed by atoms with Crippen LogP contribution in [0.15, 0.2) is 61.2 Å². The molecule has 2 aromatic carbocycles. The minimum Gasteiger partial charge on any atom is -0.448 e. The van der Waals surface area contributed by atoms with E-state index >= 15 is 0 Å². The van der Waals surface area contributed by atoms with Crippen LogP contribution >= 0.6 is 0 Å². The summed E-state index contributed by atoms with van der Waals surface area (Å²) in [5.41, 5.74) is 3.72. The molecule has 1 aliphatic heterocycles. The number of ketones is 1. The van der Waals surface area contributed by atoms with Crippen molar-refractivity contribution in [3.05, 3.63) is 72.3 Å². The Kier molecular flexibility index (Phi) is 5.24. The average molecular weight is 405 g/mol. The predicted octanol–water partition coefficient (Wildman–Crippen LogP) is 4.91. The highest BCUT2D eigenvalue weighted by molar-refractivity contribution is 5.89. The van der Waals surface area contributed by atoms with Crippen LogP contribution in [0.25, 0.3) is 11.1 Å². The molecule has 4 rings (SSSR count). The molecule has 156 valence electrons. The van der Waals surface area contributed by atoms with Crippen molar-refractivity contribution < 1.29 is 19.1 Å². The van der Waals surface area contributed by atoms with Gasteiger partial charge in [-0.15, -0.1) is 6.58 Å². The van der Waals surface area contributed by atoms with Gasteiger partial charge in [0.25, 0.3) is 0 Å². The molecule has 0 N–H and O–H groups in total. The van der Waals surface area contributed by atoms with Gasteiger partial charge in [-0.1, -0.05) is 54.6 Å². The van der Waals surface area contributed by atoms with Crippen molar-refractivity contribution in [2.45, 2.75) is 51.0 Å². The quantitative estimate of drug-likeness (QED) is 0.664. The van der Waals surface area contributed by atoms with Gasteiger partial charge in [-0.2, -0.15) is 0 Å². The minimum absolute atomic E-state index is 0.0345. The number of Topliss-reactive ketones (excluding diaryl/α,β-unsaturated/α-hetero) is 1. The van der Waals surface area contributed by atoms with Gasteiger partial charge in [-0.25, -0.2) is 4.79 Å². The van der Waals surface area contributed by atoms with Crippen molar-refractivity contribution in [1.29, 1.82) is 0 Å². The Balaban J connectivity index is 1.57. The minimum atomic E-state index is -0.927. The summed E-state index contributed by atoms with van der Waals surface area (Å²) in [6.07, 6.45) is 0.791. The highest BCUT2D eigenvalue weighted by Crippen LogP contribution is 2.44. The summed E-state index contributed by atoms with van der Waals surface area (Å²) < 4.78 is 11.7. The molecular weight excluding hydrogens is 378 g/mol. The zero-order valence-electron chi connectivity index (χ0n) is 17.6. The molecule has 2 atom stereocenters. The van der Waals surface area contributed by atoms with Crippen molar-refractivity contribution in [3.8, 4) is 11.1 Å². The number of ether oxygens (including phenoxy) is 2. The first-order chi connectivity index (χ1) is 14.3. The van der Waals surface area contributed by atoms with Crippen LogP contribution in [0.4, 0.5) is 4.79 Å². The number of hydrogen-bond donors (Lipinski definition) is 0. The van der Waals surface area contributed by atoms with Crippen molar-refractivity contribution in [2.24, 2.45) is 0 Å². The maximum atomic E-state index is 13.2. The summed E-state index contributed by atoms with van der Waals surface area (Å²) in [5, 5.41) is 0. The number of fused-ring (bicyclic) bond motifs is 3. The van der Waals surface area contributed by atoms with Gasteiger partial charge in [0.2, 0.25) is 0 Å². The van der Waals surface area contributed by atoms with Gasteiger partial charge in [-0.3, -0.25) is 9.69 Å². The molecule has 1 saturated heterocycles. The van der Waals surface area contributed by atoms with E-state index in [1.807, 2.05) is 31.2 Å². The Bertz CT molecular complexity index is 951. The van der Waals surface area contributed by atoms with E-state index in [-0.39, 0.29) is 24.7 Å². The summed E-state index contributed by atoms with van der Waals surface area (Å²) in [6, 6.07) is 15.7. The molecule has 0 radical (unpaired) electrons.